The van der Waals surface area contributed by atoms with Gasteiger partial charge in [-0.1, -0.05) is 30.3 Å². The van der Waals surface area contributed by atoms with Crippen LogP contribution in [0.5, 0.6) is 11.5 Å². The molecule has 0 aliphatic heterocycles. The molecule has 1 N–H and O–H groups in total. The van der Waals surface area contributed by atoms with Crippen LogP contribution in [0.3, 0.4) is 0 Å². The van der Waals surface area contributed by atoms with Crippen LogP contribution in [0.2, 0.25) is 0 Å². The zero-order valence-electron chi connectivity index (χ0n) is 20.8. The fourth-order valence-corrected chi connectivity index (χ4v) is 5.96. The Hall–Kier alpha value is -3.73. The van der Waals surface area contributed by atoms with Gasteiger partial charge in [-0.05, 0) is 60.7 Å². The maximum absolute atomic E-state index is 13.8. The lowest BCUT2D eigenvalue weighted by molar-refractivity contribution is -0.137. The Balaban J connectivity index is 1.71. The summed E-state index contributed by atoms with van der Waals surface area (Å²) in [7, 11) is -1.79. The van der Waals surface area contributed by atoms with E-state index in [4.69, 9.17) is 9.47 Å². The van der Waals surface area contributed by atoms with E-state index in [1.165, 1.54) is 38.5 Å². The Bertz CT molecular complexity index is 1430. The van der Waals surface area contributed by atoms with Crippen molar-refractivity contribution in [2.24, 2.45) is 0 Å². The zero-order chi connectivity index (χ0) is 27.5. The second kappa shape index (κ2) is 10.9. The number of anilines is 1. The SMILES string of the molecule is COc1ccc(S(=O)(=O)N(CC(=O)NC2CCCc3ccccc32)c2cccc(C(F)(F)F)c2)cc1OC. The molecule has 3 aromatic carbocycles. The average molecular weight is 549 g/mol. The first-order valence-corrected chi connectivity index (χ1v) is 13.3. The Morgan fingerprint density at radius 3 is 2.45 bits per heavy atom. The fraction of sp³-hybridized carbons (Fsp3) is 0.296. The number of amides is 1. The third-order valence-electron chi connectivity index (χ3n) is 6.40. The number of nitrogens with zero attached hydrogens (tertiary/aromatic N) is 1. The molecular formula is C27H27F3N2O5S. The number of fused-ring (bicyclic) bond motifs is 1. The molecular weight excluding hydrogens is 521 g/mol. The molecule has 1 atom stereocenters. The van der Waals surface area contributed by atoms with E-state index < -0.39 is 34.2 Å². The summed E-state index contributed by atoms with van der Waals surface area (Å²) in [6.07, 6.45) is -2.34. The van der Waals surface area contributed by atoms with E-state index in [9.17, 15) is 26.4 Å². The number of methoxy groups -OCH3 is 2. The van der Waals surface area contributed by atoms with Crippen LogP contribution in [-0.4, -0.2) is 35.1 Å². The minimum Gasteiger partial charge on any atom is -0.493 e. The van der Waals surface area contributed by atoms with Crippen LogP contribution in [0.25, 0.3) is 0 Å². The van der Waals surface area contributed by atoms with Gasteiger partial charge in [0, 0.05) is 6.07 Å². The number of sulfonamides is 1. The van der Waals surface area contributed by atoms with Crippen molar-refractivity contribution in [2.75, 3.05) is 25.1 Å². The second-order valence-electron chi connectivity index (χ2n) is 8.79. The predicted molar refractivity (Wildman–Crippen MR) is 136 cm³/mol. The number of rotatable bonds is 8. The van der Waals surface area contributed by atoms with E-state index in [1.54, 1.807) is 0 Å². The Labute approximate surface area is 219 Å². The van der Waals surface area contributed by atoms with Gasteiger partial charge in [0.25, 0.3) is 10.0 Å². The van der Waals surface area contributed by atoms with Crippen LogP contribution in [0.15, 0.2) is 71.6 Å². The molecule has 4 rings (SSSR count). The molecule has 1 unspecified atom stereocenters. The van der Waals surface area contributed by atoms with Gasteiger partial charge < -0.3 is 14.8 Å². The molecule has 202 valence electrons. The average Bonchev–Trinajstić information content (AvgIpc) is 2.91. The van der Waals surface area contributed by atoms with Gasteiger partial charge in [0.15, 0.2) is 11.5 Å². The van der Waals surface area contributed by atoms with Crippen molar-refractivity contribution in [1.82, 2.24) is 5.32 Å². The molecule has 1 amide bonds. The van der Waals surface area contributed by atoms with Crippen LogP contribution in [0.4, 0.5) is 18.9 Å². The van der Waals surface area contributed by atoms with E-state index in [-0.39, 0.29) is 28.1 Å². The van der Waals surface area contributed by atoms with Crippen molar-refractivity contribution >= 4 is 21.6 Å². The number of hydrogen-bond donors (Lipinski definition) is 1. The molecule has 0 spiro atoms. The second-order valence-corrected chi connectivity index (χ2v) is 10.7. The number of ether oxygens (including phenoxy) is 2. The number of alkyl halides is 3. The highest BCUT2D eigenvalue weighted by Crippen LogP contribution is 2.35. The molecule has 0 radical (unpaired) electrons. The first-order valence-electron chi connectivity index (χ1n) is 11.8. The van der Waals surface area contributed by atoms with Gasteiger partial charge in [-0.2, -0.15) is 13.2 Å². The first-order chi connectivity index (χ1) is 18.0. The summed E-state index contributed by atoms with van der Waals surface area (Å²) in [5.41, 5.74) is 0.704. The molecule has 0 heterocycles. The van der Waals surface area contributed by atoms with Crippen molar-refractivity contribution < 1.29 is 35.9 Å². The number of halogens is 3. The predicted octanol–water partition coefficient (Wildman–Crippen LogP) is 5.11. The summed E-state index contributed by atoms with van der Waals surface area (Å²) in [4.78, 5) is 12.9. The van der Waals surface area contributed by atoms with Crippen LogP contribution >= 0.6 is 0 Å². The van der Waals surface area contributed by atoms with Crippen LogP contribution in [-0.2, 0) is 27.4 Å². The maximum Gasteiger partial charge on any atom is 0.416 e. The Kier molecular flexibility index (Phi) is 7.86. The van der Waals surface area contributed by atoms with E-state index in [0.29, 0.717) is 16.8 Å². The number of benzene rings is 3. The quantitative estimate of drug-likeness (QED) is 0.423. The van der Waals surface area contributed by atoms with Crippen molar-refractivity contribution in [1.29, 1.82) is 0 Å². The van der Waals surface area contributed by atoms with Crippen LogP contribution < -0.4 is 19.1 Å². The summed E-state index contributed by atoms with van der Waals surface area (Å²) in [6, 6.07) is 15.0. The third kappa shape index (κ3) is 5.72. The lowest BCUT2D eigenvalue weighted by atomic mass is 9.88. The molecule has 11 heteroatoms. The van der Waals surface area contributed by atoms with Gasteiger partial charge in [0.05, 0.1) is 36.4 Å². The third-order valence-corrected chi connectivity index (χ3v) is 8.17. The molecule has 1 aliphatic rings. The molecule has 38 heavy (non-hydrogen) atoms. The van der Waals surface area contributed by atoms with Gasteiger partial charge in [-0.3, -0.25) is 9.10 Å². The van der Waals surface area contributed by atoms with Crippen molar-refractivity contribution in [2.45, 2.75) is 36.4 Å². The van der Waals surface area contributed by atoms with Crippen LogP contribution in [0, 0.1) is 0 Å². The number of carbonyl (C=O) groups is 1. The fourth-order valence-electron chi connectivity index (χ4n) is 4.53. The van der Waals surface area contributed by atoms with E-state index in [2.05, 4.69) is 5.32 Å². The Morgan fingerprint density at radius 2 is 1.74 bits per heavy atom. The zero-order valence-corrected chi connectivity index (χ0v) is 21.6. The molecule has 1 aliphatic carbocycles. The molecule has 0 fully saturated rings. The van der Waals surface area contributed by atoms with E-state index >= 15 is 0 Å². The van der Waals surface area contributed by atoms with E-state index in [0.717, 1.165) is 36.1 Å². The lowest BCUT2D eigenvalue weighted by Crippen LogP contribution is -2.42. The van der Waals surface area contributed by atoms with E-state index in [1.807, 2.05) is 24.3 Å². The summed E-state index contributed by atoms with van der Waals surface area (Å²) in [5, 5.41) is 2.87. The van der Waals surface area contributed by atoms with Crippen molar-refractivity contribution in [3.8, 4) is 11.5 Å². The number of carbonyl (C=O) groups excluding carboxylic acids is 1. The molecule has 0 saturated carbocycles. The monoisotopic (exact) mass is 548 g/mol. The van der Waals surface area contributed by atoms with Gasteiger partial charge >= 0.3 is 6.18 Å². The largest absolute Gasteiger partial charge is 0.493 e. The summed E-state index contributed by atoms with van der Waals surface area (Å²) < 4.78 is 78.9. The van der Waals surface area contributed by atoms with Gasteiger partial charge in [0.1, 0.15) is 6.54 Å². The molecule has 0 bridgehead atoms. The minimum absolute atomic E-state index is 0.112. The highest BCUT2D eigenvalue weighted by Gasteiger charge is 2.34. The smallest absolute Gasteiger partial charge is 0.416 e. The molecule has 0 aromatic heterocycles. The normalized spacial score (nSPS) is 15.3. The minimum atomic E-state index is -4.71. The molecule has 7 nitrogen and oxygen atoms in total. The number of nitrogens with one attached hydrogen (secondary N) is 1. The summed E-state index contributed by atoms with van der Waals surface area (Å²) >= 11 is 0. The van der Waals surface area contributed by atoms with Gasteiger partial charge in [-0.25, -0.2) is 8.42 Å². The highest BCUT2D eigenvalue weighted by molar-refractivity contribution is 7.92. The molecule has 0 saturated heterocycles. The standard InChI is InChI=1S/C27H27F3N2O5S/c1-36-24-14-13-21(16-25(24)37-2)38(34,35)32(20-10-6-9-19(15-20)27(28,29)30)17-26(33)31-23-12-5-8-18-7-3-4-11-22(18)23/h3-4,6-7,9-11,13-16,23H,5,8,12,17H2,1-2H3,(H,31,33). The number of hydrogen-bond acceptors (Lipinski definition) is 5. The van der Waals surface area contributed by atoms with Gasteiger partial charge in [0.2, 0.25) is 5.91 Å². The Morgan fingerprint density at radius 1 is 1.00 bits per heavy atom. The highest BCUT2D eigenvalue weighted by atomic mass is 32.2. The summed E-state index contributed by atoms with van der Waals surface area (Å²) in [6.45, 7) is -0.726. The lowest BCUT2D eigenvalue weighted by Gasteiger charge is -2.29. The number of aryl methyl sites for hydroxylation is 1. The first kappa shape index (κ1) is 27.3. The van der Waals surface area contributed by atoms with Crippen molar-refractivity contribution in [3.63, 3.8) is 0 Å². The summed E-state index contributed by atoms with van der Waals surface area (Å²) in [5.74, 6) is -0.264. The van der Waals surface area contributed by atoms with Gasteiger partial charge in [-0.15, -0.1) is 0 Å². The molecule has 3 aromatic rings. The maximum atomic E-state index is 13.8. The topological polar surface area (TPSA) is 84.9 Å². The van der Waals surface area contributed by atoms with Crippen molar-refractivity contribution in [3.05, 3.63) is 83.4 Å². The van der Waals surface area contributed by atoms with Crippen LogP contribution in [0.1, 0.15) is 35.6 Å².